The summed E-state index contributed by atoms with van der Waals surface area (Å²) in [5.41, 5.74) is 1.98. The number of nitrogens with zero attached hydrogens (tertiary/aromatic N) is 2. The van der Waals surface area contributed by atoms with Crippen molar-refractivity contribution in [1.29, 1.82) is 0 Å². The van der Waals surface area contributed by atoms with Gasteiger partial charge in [-0.1, -0.05) is 37.6 Å². The highest BCUT2D eigenvalue weighted by molar-refractivity contribution is 6.29. The fourth-order valence-electron chi connectivity index (χ4n) is 1.59. The van der Waals surface area contributed by atoms with Gasteiger partial charge in [-0.25, -0.2) is 14.4 Å². The molecule has 0 unspecified atom stereocenters. The molecule has 2 rings (SSSR count). The van der Waals surface area contributed by atoms with Gasteiger partial charge in [0.25, 0.3) is 0 Å². The molecule has 0 spiro atoms. The fraction of sp³-hybridized carbons (Fsp3) is 0.286. The number of halogens is 2. The van der Waals surface area contributed by atoms with Gasteiger partial charge in [0.15, 0.2) is 0 Å². The van der Waals surface area contributed by atoms with E-state index in [1.165, 1.54) is 6.07 Å². The molecule has 0 amide bonds. The van der Waals surface area contributed by atoms with E-state index in [1.807, 2.05) is 19.9 Å². The van der Waals surface area contributed by atoms with Gasteiger partial charge in [-0.05, 0) is 18.6 Å². The highest BCUT2D eigenvalue weighted by atomic mass is 35.5. The van der Waals surface area contributed by atoms with Crippen LogP contribution in [-0.4, -0.2) is 9.97 Å². The highest BCUT2D eigenvalue weighted by Crippen LogP contribution is 2.24. The maximum atomic E-state index is 13.5. The van der Waals surface area contributed by atoms with Crippen molar-refractivity contribution in [3.63, 3.8) is 0 Å². The lowest BCUT2D eigenvalue weighted by Crippen LogP contribution is -1.99. The Labute approximate surface area is 111 Å². The molecule has 1 aromatic carbocycles. The molecule has 1 aromatic heterocycles. The van der Waals surface area contributed by atoms with Crippen LogP contribution in [0.15, 0.2) is 24.3 Å². The second kappa shape index (κ2) is 5.02. The Hall–Kier alpha value is -1.48. The van der Waals surface area contributed by atoms with Gasteiger partial charge in [-0.15, -0.1) is 0 Å². The Kier molecular flexibility index (Phi) is 3.62. The Balaban J connectivity index is 2.53. The van der Waals surface area contributed by atoms with E-state index in [4.69, 9.17) is 11.6 Å². The molecule has 0 saturated carbocycles. The molecule has 0 atom stereocenters. The van der Waals surface area contributed by atoms with E-state index < -0.39 is 0 Å². The molecule has 0 radical (unpaired) electrons. The minimum atomic E-state index is -0.242. The topological polar surface area (TPSA) is 25.8 Å². The summed E-state index contributed by atoms with van der Waals surface area (Å²) in [5.74, 6) is 0.601. The number of hydrogen-bond acceptors (Lipinski definition) is 2. The summed E-state index contributed by atoms with van der Waals surface area (Å²) in [4.78, 5) is 8.57. The van der Waals surface area contributed by atoms with Gasteiger partial charge < -0.3 is 0 Å². The Morgan fingerprint density at radius 3 is 2.50 bits per heavy atom. The standard InChI is InChI=1S/C14H14ClFN2/c1-8(2)14-17-12(7-13(15)18-14)10-5-4-9(3)11(16)6-10/h4-8H,1-3H3. The van der Waals surface area contributed by atoms with Gasteiger partial charge in [0.2, 0.25) is 0 Å². The minimum absolute atomic E-state index is 0.178. The predicted molar refractivity (Wildman–Crippen MR) is 71.3 cm³/mol. The quantitative estimate of drug-likeness (QED) is 0.753. The number of rotatable bonds is 2. The van der Waals surface area contributed by atoms with Gasteiger partial charge in [0.05, 0.1) is 5.69 Å². The first kappa shape index (κ1) is 13.0. The Morgan fingerprint density at radius 2 is 1.89 bits per heavy atom. The van der Waals surface area contributed by atoms with E-state index in [-0.39, 0.29) is 11.7 Å². The molecule has 2 aromatic rings. The summed E-state index contributed by atoms with van der Waals surface area (Å²) >= 11 is 5.97. The molecule has 94 valence electrons. The first-order valence-electron chi connectivity index (χ1n) is 5.78. The zero-order chi connectivity index (χ0) is 13.3. The van der Waals surface area contributed by atoms with Crippen molar-refractivity contribution in [2.75, 3.05) is 0 Å². The third-order valence-corrected chi connectivity index (χ3v) is 2.89. The molecule has 18 heavy (non-hydrogen) atoms. The van der Waals surface area contributed by atoms with E-state index in [0.29, 0.717) is 27.8 Å². The number of aromatic nitrogens is 2. The molecule has 0 fully saturated rings. The lowest BCUT2D eigenvalue weighted by atomic mass is 10.1. The van der Waals surface area contributed by atoms with Crippen LogP contribution >= 0.6 is 11.6 Å². The third kappa shape index (κ3) is 2.67. The van der Waals surface area contributed by atoms with Crippen molar-refractivity contribution in [3.8, 4) is 11.3 Å². The average Bonchev–Trinajstić information content (AvgIpc) is 2.31. The second-order valence-corrected chi connectivity index (χ2v) is 4.94. The van der Waals surface area contributed by atoms with Gasteiger partial charge >= 0.3 is 0 Å². The van der Waals surface area contributed by atoms with Crippen molar-refractivity contribution in [3.05, 3.63) is 46.6 Å². The van der Waals surface area contributed by atoms with Crippen molar-refractivity contribution < 1.29 is 4.39 Å². The zero-order valence-corrected chi connectivity index (χ0v) is 11.3. The molecule has 4 heteroatoms. The van der Waals surface area contributed by atoms with Crippen LogP contribution < -0.4 is 0 Å². The summed E-state index contributed by atoms with van der Waals surface area (Å²) in [7, 11) is 0. The molecular formula is C14H14ClFN2. The van der Waals surface area contributed by atoms with Crippen LogP contribution in [-0.2, 0) is 0 Å². The zero-order valence-electron chi connectivity index (χ0n) is 10.5. The molecule has 0 aliphatic heterocycles. The van der Waals surface area contributed by atoms with E-state index in [9.17, 15) is 4.39 Å². The van der Waals surface area contributed by atoms with Crippen LogP contribution in [0.4, 0.5) is 4.39 Å². The van der Waals surface area contributed by atoms with Crippen LogP contribution in [0.5, 0.6) is 0 Å². The van der Waals surface area contributed by atoms with Gasteiger partial charge in [0, 0.05) is 17.5 Å². The van der Waals surface area contributed by atoms with Gasteiger partial charge in [-0.2, -0.15) is 0 Å². The van der Waals surface area contributed by atoms with E-state index in [2.05, 4.69) is 9.97 Å². The molecule has 0 N–H and O–H groups in total. The van der Waals surface area contributed by atoms with Crippen molar-refractivity contribution >= 4 is 11.6 Å². The first-order chi connectivity index (χ1) is 8.47. The Bertz CT molecular complexity index is 582. The SMILES string of the molecule is Cc1ccc(-c2cc(Cl)nc(C(C)C)n2)cc1F. The monoisotopic (exact) mass is 264 g/mol. The number of aryl methyl sites for hydroxylation is 1. The normalized spacial score (nSPS) is 11.0. The molecule has 0 aliphatic rings. The van der Waals surface area contributed by atoms with Crippen LogP contribution in [0.1, 0.15) is 31.2 Å². The van der Waals surface area contributed by atoms with Crippen LogP contribution in [0.3, 0.4) is 0 Å². The summed E-state index contributed by atoms with van der Waals surface area (Å²) in [6, 6.07) is 6.69. The molecule has 0 bridgehead atoms. The molecule has 0 saturated heterocycles. The third-order valence-electron chi connectivity index (χ3n) is 2.70. The lowest BCUT2D eigenvalue weighted by molar-refractivity contribution is 0.619. The van der Waals surface area contributed by atoms with Crippen molar-refractivity contribution in [1.82, 2.24) is 9.97 Å². The largest absolute Gasteiger partial charge is 0.233 e. The lowest BCUT2D eigenvalue weighted by Gasteiger charge is -2.08. The van der Waals surface area contributed by atoms with E-state index >= 15 is 0 Å². The smallest absolute Gasteiger partial charge is 0.133 e. The van der Waals surface area contributed by atoms with E-state index in [0.717, 1.165) is 0 Å². The Morgan fingerprint density at radius 1 is 1.17 bits per heavy atom. The first-order valence-corrected chi connectivity index (χ1v) is 6.16. The van der Waals surface area contributed by atoms with Gasteiger partial charge in [0.1, 0.15) is 16.8 Å². The summed E-state index contributed by atoms with van der Waals surface area (Å²) in [6.45, 7) is 5.71. The van der Waals surface area contributed by atoms with Gasteiger partial charge in [-0.3, -0.25) is 0 Å². The highest BCUT2D eigenvalue weighted by Gasteiger charge is 2.09. The van der Waals surface area contributed by atoms with Crippen LogP contribution in [0.25, 0.3) is 11.3 Å². The predicted octanol–water partition coefficient (Wildman–Crippen LogP) is 4.37. The van der Waals surface area contributed by atoms with Crippen molar-refractivity contribution in [2.24, 2.45) is 0 Å². The molecule has 2 nitrogen and oxygen atoms in total. The summed E-state index contributed by atoms with van der Waals surface area (Å²) < 4.78 is 13.5. The summed E-state index contributed by atoms with van der Waals surface area (Å²) in [5, 5.41) is 0.379. The number of benzene rings is 1. The van der Waals surface area contributed by atoms with Crippen LogP contribution in [0.2, 0.25) is 5.15 Å². The summed E-state index contributed by atoms with van der Waals surface area (Å²) in [6.07, 6.45) is 0. The average molecular weight is 265 g/mol. The molecular weight excluding hydrogens is 251 g/mol. The van der Waals surface area contributed by atoms with E-state index in [1.54, 1.807) is 19.1 Å². The second-order valence-electron chi connectivity index (χ2n) is 4.55. The molecule has 0 aliphatic carbocycles. The minimum Gasteiger partial charge on any atom is -0.233 e. The van der Waals surface area contributed by atoms with Crippen molar-refractivity contribution in [2.45, 2.75) is 26.7 Å². The number of hydrogen-bond donors (Lipinski definition) is 0. The fourth-order valence-corrected chi connectivity index (χ4v) is 1.78. The maximum Gasteiger partial charge on any atom is 0.133 e. The molecule has 1 heterocycles. The maximum absolute atomic E-state index is 13.5. The van der Waals surface area contributed by atoms with Crippen LogP contribution in [0, 0.1) is 12.7 Å².